The van der Waals surface area contributed by atoms with Crippen molar-refractivity contribution >= 4 is 22.6 Å². The van der Waals surface area contributed by atoms with Crippen molar-refractivity contribution in [2.45, 2.75) is 44.9 Å². The number of hydrogen-bond donors (Lipinski definition) is 2. The highest BCUT2D eigenvalue weighted by atomic mass is 32.1. The number of hydrogen-bond acceptors (Lipinski definition) is 6. The Bertz CT molecular complexity index is 523. The van der Waals surface area contributed by atoms with Gasteiger partial charge in [0.1, 0.15) is 5.60 Å². The Kier molecular flexibility index (Phi) is 3.43. The fourth-order valence-electron chi connectivity index (χ4n) is 2.44. The van der Waals surface area contributed by atoms with Crippen molar-refractivity contribution in [3.8, 4) is 0 Å². The maximum absolute atomic E-state index is 11.8. The lowest BCUT2D eigenvalue weighted by molar-refractivity contribution is 0.0395. The van der Waals surface area contributed by atoms with Crippen molar-refractivity contribution in [1.82, 2.24) is 10.3 Å². The lowest BCUT2D eigenvalue weighted by atomic mass is 10.0. The first-order chi connectivity index (χ1) is 9.40. The van der Waals surface area contributed by atoms with Crippen molar-refractivity contribution in [3.63, 3.8) is 0 Å². The normalized spacial score (nSPS) is 24.9. The van der Waals surface area contributed by atoms with Gasteiger partial charge in [-0.3, -0.25) is 5.32 Å². The minimum Gasteiger partial charge on any atom is -0.444 e. The molecule has 7 heteroatoms. The zero-order valence-electron chi connectivity index (χ0n) is 11.9. The van der Waals surface area contributed by atoms with Gasteiger partial charge in [0, 0.05) is 17.3 Å². The fourth-order valence-corrected chi connectivity index (χ4v) is 3.46. The molecule has 110 valence electrons. The average Bonchev–Trinajstić information content (AvgIpc) is 2.69. The minimum atomic E-state index is -0.507. The maximum atomic E-state index is 11.8. The van der Waals surface area contributed by atoms with Gasteiger partial charge in [-0.05, 0) is 20.8 Å². The largest absolute Gasteiger partial charge is 0.444 e. The van der Waals surface area contributed by atoms with Gasteiger partial charge in [0.2, 0.25) is 0 Å². The smallest absolute Gasteiger partial charge is 0.413 e. The van der Waals surface area contributed by atoms with Crippen LogP contribution >= 0.6 is 11.3 Å². The average molecular weight is 297 g/mol. The Labute approximate surface area is 121 Å². The molecule has 0 aromatic carbocycles. The number of aromatic nitrogens is 1. The number of rotatable bonds is 1. The van der Waals surface area contributed by atoms with Crippen molar-refractivity contribution in [1.29, 1.82) is 0 Å². The molecule has 1 amide bonds. The third kappa shape index (κ3) is 2.94. The summed E-state index contributed by atoms with van der Waals surface area (Å²) in [6.45, 7) is 6.90. The van der Waals surface area contributed by atoms with Crippen LogP contribution in [-0.4, -0.2) is 35.9 Å². The zero-order chi connectivity index (χ0) is 14.3. The molecule has 6 nitrogen and oxygen atoms in total. The highest BCUT2D eigenvalue weighted by molar-refractivity contribution is 7.16. The molecule has 0 radical (unpaired) electrons. The van der Waals surface area contributed by atoms with Gasteiger partial charge in [0.05, 0.1) is 24.9 Å². The summed E-state index contributed by atoms with van der Waals surface area (Å²) in [6, 6.07) is 0.530. The summed E-state index contributed by atoms with van der Waals surface area (Å²) < 4.78 is 10.8. The number of nitrogens with one attached hydrogen (secondary N) is 2. The van der Waals surface area contributed by atoms with Crippen molar-refractivity contribution in [3.05, 3.63) is 10.6 Å². The van der Waals surface area contributed by atoms with Crippen LogP contribution in [0.15, 0.2) is 0 Å². The molecule has 2 bridgehead atoms. The van der Waals surface area contributed by atoms with Gasteiger partial charge in [-0.25, -0.2) is 9.78 Å². The molecule has 1 saturated heterocycles. The van der Waals surface area contributed by atoms with E-state index in [9.17, 15) is 4.79 Å². The molecule has 3 rings (SSSR count). The Balaban J connectivity index is 1.72. The van der Waals surface area contributed by atoms with E-state index in [1.807, 2.05) is 20.8 Å². The highest BCUT2D eigenvalue weighted by Crippen LogP contribution is 2.35. The lowest BCUT2D eigenvalue weighted by Crippen LogP contribution is -2.48. The number of amides is 1. The van der Waals surface area contributed by atoms with Crippen LogP contribution in [0.1, 0.15) is 37.4 Å². The predicted molar refractivity (Wildman–Crippen MR) is 76.2 cm³/mol. The van der Waals surface area contributed by atoms with Crippen LogP contribution in [0.25, 0.3) is 0 Å². The standard InChI is InChI=1S/C13H19N3O3S/c1-13(2,3)19-12(17)16-11-15-8-4-7-5-18-6-9(14-7)10(8)20-11/h7,9,14H,4-6H2,1-3H3,(H,15,16,17)/t7-,9-/m0/s1. The molecule has 20 heavy (non-hydrogen) atoms. The van der Waals surface area contributed by atoms with Crippen molar-refractivity contribution in [2.75, 3.05) is 18.5 Å². The van der Waals surface area contributed by atoms with Crippen LogP contribution in [0.4, 0.5) is 9.93 Å². The third-order valence-electron chi connectivity index (χ3n) is 3.13. The SMILES string of the molecule is CC(C)(C)OC(=O)Nc1nc2c(s1)[C@@H]1COC[C@H](C2)N1. The molecule has 1 fully saturated rings. The number of carbonyl (C=O) groups excluding carboxylic acids is 1. The lowest BCUT2D eigenvalue weighted by Gasteiger charge is -2.34. The van der Waals surface area contributed by atoms with Gasteiger partial charge in [0.15, 0.2) is 5.13 Å². The summed E-state index contributed by atoms with van der Waals surface area (Å²) >= 11 is 1.49. The van der Waals surface area contributed by atoms with E-state index in [2.05, 4.69) is 15.6 Å². The molecular formula is C13H19N3O3S. The first kappa shape index (κ1) is 13.8. The number of fused-ring (bicyclic) bond motifs is 4. The van der Waals surface area contributed by atoms with Gasteiger partial charge in [-0.15, -0.1) is 0 Å². The Hall–Kier alpha value is -1.18. The first-order valence-corrected chi connectivity index (χ1v) is 7.56. The van der Waals surface area contributed by atoms with E-state index in [1.165, 1.54) is 11.3 Å². The summed E-state index contributed by atoms with van der Waals surface area (Å²) in [6.07, 6.45) is 0.383. The molecule has 2 atom stereocenters. The quantitative estimate of drug-likeness (QED) is 0.830. The second-order valence-corrected chi connectivity index (χ2v) is 7.15. The molecular weight excluding hydrogens is 278 g/mol. The molecule has 0 saturated carbocycles. The molecule has 1 aromatic rings. The molecule has 0 unspecified atom stereocenters. The molecule has 2 aliphatic heterocycles. The van der Waals surface area contributed by atoms with Gasteiger partial charge < -0.3 is 14.8 Å². The second kappa shape index (κ2) is 4.98. The number of anilines is 1. The van der Waals surface area contributed by atoms with Gasteiger partial charge >= 0.3 is 6.09 Å². The van der Waals surface area contributed by atoms with E-state index < -0.39 is 11.7 Å². The maximum Gasteiger partial charge on any atom is 0.413 e. The van der Waals surface area contributed by atoms with Crippen molar-refractivity contribution < 1.29 is 14.3 Å². The minimum absolute atomic E-state index is 0.198. The topological polar surface area (TPSA) is 72.5 Å². The van der Waals surface area contributed by atoms with Crippen LogP contribution < -0.4 is 10.6 Å². The Morgan fingerprint density at radius 3 is 3.05 bits per heavy atom. The van der Waals surface area contributed by atoms with Crippen molar-refractivity contribution in [2.24, 2.45) is 0 Å². The van der Waals surface area contributed by atoms with Crippen LogP contribution in [0.2, 0.25) is 0 Å². The monoisotopic (exact) mass is 297 g/mol. The summed E-state index contributed by atoms with van der Waals surface area (Å²) in [5.41, 5.74) is 0.561. The Morgan fingerprint density at radius 1 is 1.50 bits per heavy atom. The molecule has 2 N–H and O–H groups in total. The first-order valence-electron chi connectivity index (χ1n) is 6.74. The number of nitrogens with zero attached hydrogens (tertiary/aromatic N) is 1. The van der Waals surface area contributed by atoms with Crippen LogP contribution in [-0.2, 0) is 15.9 Å². The summed E-state index contributed by atoms with van der Waals surface area (Å²) in [7, 11) is 0. The van der Waals surface area contributed by atoms with Crippen LogP contribution in [0.5, 0.6) is 0 Å². The van der Waals surface area contributed by atoms with E-state index >= 15 is 0 Å². The number of morpholine rings is 1. The summed E-state index contributed by atoms with van der Waals surface area (Å²) in [5.74, 6) is 0. The van der Waals surface area contributed by atoms with E-state index in [-0.39, 0.29) is 6.04 Å². The zero-order valence-corrected chi connectivity index (χ0v) is 12.7. The predicted octanol–water partition coefficient (Wildman–Crippen LogP) is 2.08. The van der Waals surface area contributed by atoms with Crippen LogP contribution in [0, 0.1) is 0 Å². The van der Waals surface area contributed by atoms with Crippen LogP contribution in [0.3, 0.4) is 0 Å². The number of ether oxygens (including phenoxy) is 2. The van der Waals surface area contributed by atoms with E-state index in [1.54, 1.807) is 0 Å². The molecule has 1 aromatic heterocycles. The molecule has 0 spiro atoms. The third-order valence-corrected chi connectivity index (χ3v) is 4.26. The molecule has 3 heterocycles. The highest BCUT2D eigenvalue weighted by Gasteiger charge is 2.33. The summed E-state index contributed by atoms with van der Waals surface area (Å²) in [5, 5.41) is 6.82. The molecule has 0 aliphatic carbocycles. The molecule has 2 aliphatic rings. The fraction of sp³-hybridized carbons (Fsp3) is 0.692. The van der Waals surface area contributed by atoms with E-state index in [0.717, 1.165) is 23.6 Å². The van der Waals surface area contributed by atoms with Gasteiger partial charge in [-0.2, -0.15) is 0 Å². The number of thiazole rings is 1. The Morgan fingerprint density at radius 2 is 2.30 bits per heavy atom. The summed E-state index contributed by atoms with van der Waals surface area (Å²) in [4.78, 5) is 17.4. The number of carbonyl (C=O) groups is 1. The van der Waals surface area contributed by atoms with Gasteiger partial charge in [0.25, 0.3) is 0 Å². The van der Waals surface area contributed by atoms with E-state index in [4.69, 9.17) is 9.47 Å². The second-order valence-electron chi connectivity index (χ2n) is 6.11. The van der Waals surface area contributed by atoms with E-state index in [0.29, 0.717) is 17.8 Å². The van der Waals surface area contributed by atoms with Gasteiger partial charge in [-0.1, -0.05) is 11.3 Å².